The van der Waals surface area contributed by atoms with Crippen molar-refractivity contribution >= 4 is 12.4 Å². The molecule has 1 heterocycles. The van der Waals surface area contributed by atoms with Crippen LogP contribution < -0.4 is 0 Å². The van der Waals surface area contributed by atoms with E-state index in [4.69, 9.17) is 0 Å². The van der Waals surface area contributed by atoms with E-state index < -0.39 is 5.60 Å². The summed E-state index contributed by atoms with van der Waals surface area (Å²) in [5.74, 6) is 0.298. The molecule has 1 aromatic heterocycles. The number of rotatable bonds is 3. The summed E-state index contributed by atoms with van der Waals surface area (Å²) in [4.78, 5) is 6.39. The minimum absolute atomic E-state index is 0. The molecule has 0 saturated heterocycles. The molecule has 2 unspecified atom stereocenters. The van der Waals surface area contributed by atoms with Gasteiger partial charge in [-0.2, -0.15) is 0 Å². The highest BCUT2D eigenvalue weighted by molar-refractivity contribution is 5.85. The maximum Gasteiger partial charge on any atom is 0.0951 e. The maximum absolute atomic E-state index is 11.3. The molecule has 1 aliphatic rings. The number of pyridine rings is 1. The van der Waals surface area contributed by atoms with Gasteiger partial charge in [0.15, 0.2) is 0 Å². The lowest BCUT2D eigenvalue weighted by Gasteiger charge is -2.39. The Morgan fingerprint density at radius 2 is 2.05 bits per heavy atom. The molecule has 0 amide bonds. The third-order valence-electron chi connectivity index (χ3n) is 4.28. The maximum atomic E-state index is 11.3. The molecule has 2 rings (SSSR count). The van der Waals surface area contributed by atoms with Crippen molar-refractivity contribution in [1.29, 1.82) is 0 Å². The predicted molar refractivity (Wildman–Crippen MR) is 85.1 cm³/mol. The molecule has 1 saturated carbocycles. The van der Waals surface area contributed by atoms with E-state index in [1.807, 2.05) is 18.3 Å². The van der Waals surface area contributed by atoms with Gasteiger partial charge in [0, 0.05) is 30.4 Å². The zero-order valence-electron chi connectivity index (χ0n) is 12.6. The Kier molecular flexibility index (Phi) is 6.93. The quantitative estimate of drug-likeness (QED) is 0.931. The number of aliphatic hydroxyl groups is 1. The molecule has 1 fully saturated rings. The fourth-order valence-corrected chi connectivity index (χ4v) is 3.26. The predicted octanol–water partition coefficient (Wildman–Crippen LogP) is 3.22. The number of nitrogens with zero attached hydrogens (tertiary/aromatic N) is 2. The minimum atomic E-state index is -0.709. The van der Waals surface area contributed by atoms with E-state index in [9.17, 15) is 5.11 Å². The van der Waals surface area contributed by atoms with Crippen LogP contribution in [0.15, 0.2) is 24.5 Å². The topological polar surface area (TPSA) is 36.4 Å². The van der Waals surface area contributed by atoms with Gasteiger partial charge in [-0.3, -0.25) is 4.98 Å². The van der Waals surface area contributed by atoms with E-state index in [0.29, 0.717) is 5.92 Å². The SMILES string of the molecule is CN(C)CC1CCCCCCC1(O)c1cccnc1.Cl. The van der Waals surface area contributed by atoms with Gasteiger partial charge in [0.05, 0.1) is 5.60 Å². The molecule has 0 bridgehead atoms. The molecule has 0 spiro atoms. The largest absolute Gasteiger partial charge is 0.385 e. The smallest absolute Gasteiger partial charge is 0.0951 e. The molecule has 0 aromatic carbocycles. The van der Waals surface area contributed by atoms with Crippen molar-refractivity contribution in [2.45, 2.75) is 44.1 Å². The van der Waals surface area contributed by atoms with Crippen LogP contribution >= 0.6 is 12.4 Å². The van der Waals surface area contributed by atoms with Gasteiger partial charge in [-0.1, -0.05) is 31.7 Å². The van der Waals surface area contributed by atoms with Gasteiger partial charge < -0.3 is 10.0 Å². The Labute approximate surface area is 128 Å². The summed E-state index contributed by atoms with van der Waals surface area (Å²) < 4.78 is 0. The first-order valence-electron chi connectivity index (χ1n) is 7.40. The number of aromatic nitrogens is 1. The summed E-state index contributed by atoms with van der Waals surface area (Å²) in [5.41, 5.74) is 0.280. The van der Waals surface area contributed by atoms with Gasteiger partial charge >= 0.3 is 0 Å². The average Bonchev–Trinajstić information content (AvgIpc) is 2.39. The number of hydrogen-bond acceptors (Lipinski definition) is 3. The molecule has 114 valence electrons. The van der Waals surface area contributed by atoms with Gasteiger partial charge in [0.25, 0.3) is 0 Å². The highest BCUT2D eigenvalue weighted by atomic mass is 35.5. The van der Waals surface area contributed by atoms with Gasteiger partial charge in [-0.25, -0.2) is 0 Å². The Morgan fingerprint density at radius 1 is 1.30 bits per heavy atom. The van der Waals surface area contributed by atoms with E-state index in [-0.39, 0.29) is 12.4 Å². The summed E-state index contributed by atoms with van der Waals surface area (Å²) in [6, 6.07) is 3.95. The van der Waals surface area contributed by atoms with Crippen LogP contribution in [0.4, 0.5) is 0 Å². The van der Waals surface area contributed by atoms with E-state index in [2.05, 4.69) is 24.0 Å². The first kappa shape index (κ1) is 17.4. The third-order valence-corrected chi connectivity index (χ3v) is 4.28. The van der Waals surface area contributed by atoms with E-state index in [1.165, 1.54) is 19.3 Å². The molecule has 0 aliphatic heterocycles. The molecule has 20 heavy (non-hydrogen) atoms. The molecule has 4 heteroatoms. The standard InChI is InChI=1S/C16H26N2O.ClH/c1-18(2)13-15-8-5-3-4-6-10-16(15,19)14-9-7-11-17-12-14;/h7,9,11-12,15,19H,3-6,8,10,13H2,1-2H3;1H. The Balaban J connectivity index is 0.00000200. The van der Waals surface area contributed by atoms with Crippen molar-refractivity contribution in [3.63, 3.8) is 0 Å². The van der Waals surface area contributed by atoms with Crippen LogP contribution in [0.3, 0.4) is 0 Å². The zero-order valence-corrected chi connectivity index (χ0v) is 13.4. The molecule has 3 nitrogen and oxygen atoms in total. The monoisotopic (exact) mass is 298 g/mol. The van der Waals surface area contributed by atoms with Crippen molar-refractivity contribution in [2.24, 2.45) is 5.92 Å². The molecule has 0 radical (unpaired) electrons. The van der Waals surface area contributed by atoms with Crippen molar-refractivity contribution in [1.82, 2.24) is 9.88 Å². The Morgan fingerprint density at radius 3 is 2.70 bits per heavy atom. The first-order valence-corrected chi connectivity index (χ1v) is 7.40. The van der Waals surface area contributed by atoms with Gasteiger partial charge in [0.1, 0.15) is 0 Å². The van der Waals surface area contributed by atoms with Crippen LogP contribution in [0.25, 0.3) is 0 Å². The van der Waals surface area contributed by atoms with Crippen LogP contribution in [-0.4, -0.2) is 35.6 Å². The van der Waals surface area contributed by atoms with Crippen molar-refractivity contribution < 1.29 is 5.11 Å². The second-order valence-electron chi connectivity index (χ2n) is 6.08. The Bertz CT molecular complexity index is 385. The number of halogens is 1. The van der Waals surface area contributed by atoms with Crippen LogP contribution in [0.1, 0.15) is 44.1 Å². The molecule has 2 atom stereocenters. The fourth-order valence-electron chi connectivity index (χ4n) is 3.26. The molecule has 1 aliphatic carbocycles. The summed E-state index contributed by atoms with van der Waals surface area (Å²) in [7, 11) is 4.17. The first-order chi connectivity index (χ1) is 9.13. The second kappa shape index (κ2) is 7.96. The fraction of sp³-hybridized carbons (Fsp3) is 0.688. The van der Waals surface area contributed by atoms with Crippen LogP contribution in [0, 0.1) is 5.92 Å². The van der Waals surface area contributed by atoms with Gasteiger partial charge in [0.2, 0.25) is 0 Å². The lowest BCUT2D eigenvalue weighted by atomic mass is 9.74. The van der Waals surface area contributed by atoms with E-state index in [1.54, 1.807) is 6.20 Å². The number of hydrogen-bond donors (Lipinski definition) is 1. The van der Waals surface area contributed by atoms with Gasteiger partial charge in [-0.05, 0) is 33.0 Å². The lowest BCUT2D eigenvalue weighted by Crippen LogP contribution is -2.41. The van der Waals surface area contributed by atoms with Crippen molar-refractivity contribution in [3.05, 3.63) is 30.1 Å². The van der Waals surface area contributed by atoms with Crippen molar-refractivity contribution in [3.8, 4) is 0 Å². The van der Waals surface area contributed by atoms with Crippen LogP contribution in [-0.2, 0) is 5.60 Å². The normalized spacial score (nSPS) is 27.5. The molecule has 1 N–H and O–H groups in total. The average molecular weight is 299 g/mol. The molecular formula is C16H27ClN2O. The highest BCUT2D eigenvalue weighted by Gasteiger charge is 2.38. The minimum Gasteiger partial charge on any atom is -0.385 e. The summed E-state index contributed by atoms with van der Waals surface area (Å²) in [6.45, 7) is 0.936. The van der Waals surface area contributed by atoms with Gasteiger partial charge in [-0.15, -0.1) is 12.4 Å². The van der Waals surface area contributed by atoms with E-state index >= 15 is 0 Å². The van der Waals surface area contributed by atoms with E-state index in [0.717, 1.165) is 31.4 Å². The lowest BCUT2D eigenvalue weighted by molar-refractivity contribution is -0.0505. The summed E-state index contributed by atoms with van der Waals surface area (Å²) in [6.07, 6.45) is 10.4. The highest BCUT2D eigenvalue weighted by Crippen LogP contribution is 2.39. The third kappa shape index (κ3) is 4.18. The van der Waals surface area contributed by atoms with Crippen LogP contribution in [0.2, 0.25) is 0 Å². The Hall–Kier alpha value is -0.640. The molecule has 1 aromatic rings. The summed E-state index contributed by atoms with van der Waals surface area (Å²) in [5, 5.41) is 11.3. The van der Waals surface area contributed by atoms with Crippen LogP contribution in [0.5, 0.6) is 0 Å². The summed E-state index contributed by atoms with van der Waals surface area (Å²) >= 11 is 0. The van der Waals surface area contributed by atoms with Crippen molar-refractivity contribution in [2.75, 3.05) is 20.6 Å². The second-order valence-corrected chi connectivity index (χ2v) is 6.08. The molecular weight excluding hydrogens is 272 g/mol. The zero-order chi connectivity index (χ0) is 13.7.